The number of aromatic nitrogens is 2. The number of pyridine rings is 1. The van der Waals surface area contributed by atoms with E-state index in [2.05, 4.69) is 51.8 Å². The van der Waals surface area contributed by atoms with Gasteiger partial charge < -0.3 is 4.98 Å². The summed E-state index contributed by atoms with van der Waals surface area (Å²) in [4.78, 5) is 7.57. The number of thioether (sulfide) groups is 1. The number of hydrogen-bond donors (Lipinski definition) is 2. The zero-order valence-electron chi connectivity index (χ0n) is 12.4. The van der Waals surface area contributed by atoms with E-state index in [1.165, 1.54) is 22.0 Å². The summed E-state index contributed by atoms with van der Waals surface area (Å²) in [5, 5.41) is 5.43. The van der Waals surface area contributed by atoms with Crippen molar-refractivity contribution in [3.8, 4) is 0 Å². The first kappa shape index (κ1) is 18.1. The predicted molar refractivity (Wildman–Crippen MR) is 103 cm³/mol. The van der Waals surface area contributed by atoms with Gasteiger partial charge in [-0.25, -0.2) is 0 Å². The van der Waals surface area contributed by atoms with Crippen molar-refractivity contribution in [3.05, 3.63) is 66.1 Å². The van der Waals surface area contributed by atoms with Gasteiger partial charge in [-0.3, -0.25) is 10.3 Å². The molecule has 1 saturated heterocycles. The first-order chi connectivity index (χ1) is 10.4. The molecule has 122 valence electrons. The van der Waals surface area contributed by atoms with Crippen LogP contribution in [0.4, 0.5) is 0 Å². The lowest BCUT2D eigenvalue weighted by Gasteiger charge is -2.13. The van der Waals surface area contributed by atoms with Crippen LogP contribution >= 0.6 is 36.6 Å². The molecule has 6 heteroatoms. The number of H-pyrrole nitrogens is 1. The molecule has 2 N–H and O–H groups in total. The molecule has 4 rings (SSSR count). The Morgan fingerprint density at radius 2 is 2.00 bits per heavy atom. The third-order valence-electron chi connectivity index (χ3n) is 3.98. The van der Waals surface area contributed by atoms with Crippen molar-refractivity contribution in [3.63, 3.8) is 0 Å². The van der Waals surface area contributed by atoms with Gasteiger partial charge in [0.15, 0.2) is 0 Å². The number of rotatable bonds is 3. The number of fused-ring (bicyclic) bond motifs is 1. The highest BCUT2D eigenvalue weighted by Gasteiger charge is 2.26. The second-order valence-electron chi connectivity index (χ2n) is 5.43. The van der Waals surface area contributed by atoms with Crippen molar-refractivity contribution in [1.29, 1.82) is 0 Å². The van der Waals surface area contributed by atoms with E-state index in [1.54, 1.807) is 0 Å². The molecule has 0 saturated carbocycles. The zero-order valence-corrected chi connectivity index (χ0v) is 14.9. The van der Waals surface area contributed by atoms with E-state index in [-0.39, 0.29) is 24.8 Å². The fourth-order valence-electron chi connectivity index (χ4n) is 2.93. The lowest BCUT2D eigenvalue weighted by molar-refractivity contribution is 0.574. The van der Waals surface area contributed by atoms with Crippen LogP contribution < -0.4 is 5.32 Å². The molecule has 1 aliphatic heterocycles. The third-order valence-corrected chi connectivity index (χ3v) is 5.32. The molecule has 3 aromatic rings. The predicted octanol–water partition coefficient (Wildman–Crippen LogP) is 4.35. The van der Waals surface area contributed by atoms with Crippen molar-refractivity contribution < 1.29 is 0 Å². The van der Waals surface area contributed by atoms with E-state index in [9.17, 15) is 0 Å². The highest BCUT2D eigenvalue weighted by atomic mass is 35.5. The summed E-state index contributed by atoms with van der Waals surface area (Å²) in [6.07, 6.45) is 6.99. The smallest absolute Gasteiger partial charge is 0.0807 e. The van der Waals surface area contributed by atoms with Crippen LogP contribution in [0.2, 0.25) is 0 Å². The lowest BCUT2D eigenvalue weighted by Crippen LogP contribution is -2.27. The van der Waals surface area contributed by atoms with Gasteiger partial charge >= 0.3 is 0 Å². The standard InChI is InChI=1S/C17H17N3S.2ClH/c1-2-6-16-15(5-1)13(10-19-16)8-14-11-21-17(20-14)12-4-3-7-18-9-12;;/h1-7,9-10,14,17,19-20H,8,11H2;2*1H. The Hall–Kier alpha value is -1.20. The highest BCUT2D eigenvalue weighted by Crippen LogP contribution is 2.33. The largest absolute Gasteiger partial charge is 0.361 e. The Morgan fingerprint density at radius 3 is 2.83 bits per heavy atom. The number of para-hydroxylation sites is 1. The minimum atomic E-state index is 0. The Balaban J connectivity index is 0.000000960. The van der Waals surface area contributed by atoms with Gasteiger partial charge in [0.05, 0.1) is 5.37 Å². The summed E-state index contributed by atoms with van der Waals surface area (Å²) in [5.41, 5.74) is 3.89. The number of benzene rings is 1. The molecule has 23 heavy (non-hydrogen) atoms. The second-order valence-corrected chi connectivity index (χ2v) is 6.57. The van der Waals surface area contributed by atoms with Crippen LogP contribution in [0.5, 0.6) is 0 Å². The van der Waals surface area contributed by atoms with Gasteiger partial charge in [0, 0.05) is 41.3 Å². The molecule has 0 bridgehead atoms. The number of aromatic amines is 1. The average molecular weight is 368 g/mol. The second kappa shape index (κ2) is 8.06. The summed E-state index contributed by atoms with van der Waals surface area (Å²) in [6.45, 7) is 0. The van der Waals surface area contributed by atoms with Crippen LogP contribution in [-0.4, -0.2) is 21.8 Å². The topological polar surface area (TPSA) is 40.7 Å². The van der Waals surface area contributed by atoms with Gasteiger partial charge in [0.1, 0.15) is 0 Å². The molecule has 1 aliphatic rings. The number of nitrogens with zero attached hydrogens (tertiary/aromatic N) is 1. The molecule has 3 heterocycles. The van der Waals surface area contributed by atoms with E-state index < -0.39 is 0 Å². The maximum absolute atomic E-state index is 4.21. The maximum atomic E-state index is 4.21. The zero-order chi connectivity index (χ0) is 14.1. The van der Waals surface area contributed by atoms with Gasteiger partial charge in [-0.15, -0.1) is 36.6 Å². The molecule has 1 aromatic carbocycles. The summed E-state index contributed by atoms with van der Waals surface area (Å²) in [7, 11) is 0. The molecule has 2 atom stereocenters. The molecule has 0 spiro atoms. The van der Waals surface area contributed by atoms with Crippen molar-refractivity contribution in [2.75, 3.05) is 5.75 Å². The normalized spacial score (nSPS) is 20.0. The number of hydrogen-bond acceptors (Lipinski definition) is 3. The Morgan fingerprint density at radius 1 is 1.13 bits per heavy atom. The van der Waals surface area contributed by atoms with Crippen LogP contribution in [0.15, 0.2) is 55.0 Å². The van der Waals surface area contributed by atoms with E-state index >= 15 is 0 Å². The van der Waals surface area contributed by atoms with Crippen LogP contribution in [-0.2, 0) is 6.42 Å². The minimum absolute atomic E-state index is 0. The van der Waals surface area contributed by atoms with Gasteiger partial charge in [-0.2, -0.15) is 0 Å². The molecule has 2 aromatic heterocycles. The van der Waals surface area contributed by atoms with Crippen LogP contribution in [0, 0.1) is 0 Å². The Labute approximate surface area is 152 Å². The number of nitrogens with one attached hydrogen (secondary N) is 2. The monoisotopic (exact) mass is 367 g/mol. The summed E-state index contributed by atoms with van der Waals surface area (Å²) < 4.78 is 0. The number of halogens is 2. The molecular formula is C17H19Cl2N3S. The van der Waals surface area contributed by atoms with Crippen molar-refractivity contribution >= 4 is 47.5 Å². The first-order valence-electron chi connectivity index (χ1n) is 7.23. The SMILES string of the molecule is Cl.Cl.c1cncc(C2NC(Cc3c[nH]c4ccccc34)CS2)c1. The first-order valence-corrected chi connectivity index (χ1v) is 8.27. The Kier molecular flexibility index (Phi) is 6.36. The Bertz CT molecular complexity index is 748. The van der Waals surface area contributed by atoms with Crippen molar-refractivity contribution in [1.82, 2.24) is 15.3 Å². The fourth-order valence-corrected chi connectivity index (χ4v) is 4.19. The molecule has 0 radical (unpaired) electrons. The lowest BCUT2D eigenvalue weighted by atomic mass is 10.1. The third kappa shape index (κ3) is 3.83. The van der Waals surface area contributed by atoms with E-state index in [1.807, 2.05) is 30.2 Å². The summed E-state index contributed by atoms with van der Waals surface area (Å²) in [5.74, 6) is 1.14. The van der Waals surface area contributed by atoms with Gasteiger partial charge in [0.2, 0.25) is 0 Å². The van der Waals surface area contributed by atoms with Gasteiger partial charge in [-0.1, -0.05) is 24.3 Å². The van der Waals surface area contributed by atoms with E-state index in [4.69, 9.17) is 0 Å². The summed E-state index contributed by atoms with van der Waals surface area (Å²) in [6, 6.07) is 13.2. The van der Waals surface area contributed by atoms with Crippen LogP contribution in [0.25, 0.3) is 10.9 Å². The van der Waals surface area contributed by atoms with Gasteiger partial charge in [0.25, 0.3) is 0 Å². The molecule has 0 amide bonds. The van der Waals surface area contributed by atoms with E-state index in [0.717, 1.165) is 12.2 Å². The van der Waals surface area contributed by atoms with Crippen LogP contribution in [0.1, 0.15) is 16.5 Å². The fraction of sp³-hybridized carbons (Fsp3) is 0.235. The molecule has 0 aliphatic carbocycles. The molecule has 2 unspecified atom stereocenters. The van der Waals surface area contributed by atoms with Crippen molar-refractivity contribution in [2.24, 2.45) is 0 Å². The molecule has 1 fully saturated rings. The summed E-state index contributed by atoms with van der Waals surface area (Å²) >= 11 is 1.97. The van der Waals surface area contributed by atoms with Crippen LogP contribution in [0.3, 0.4) is 0 Å². The van der Waals surface area contributed by atoms with E-state index in [0.29, 0.717) is 11.4 Å². The average Bonchev–Trinajstić information content (AvgIpc) is 3.17. The molecular weight excluding hydrogens is 349 g/mol. The molecule has 3 nitrogen and oxygen atoms in total. The maximum Gasteiger partial charge on any atom is 0.0807 e. The van der Waals surface area contributed by atoms with Crippen molar-refractivity contribution in [2.45, 2.75) is 17.8 Å². The highest BCUT2D eigenvalue weighted by molar-refractivity contribution is 7.99. The van der Waals surface area contributed by atoms with Gasteiger partial charge in [-0.05, 0) is 29.7 Å². The minimum Gasteiger partial charge on any atom is -0.361 e. The quantitative estimate of drug-likeness (QED) is 0.722.